The Hall–Kier alpha value is -1.32. The fraction of sp³-hybridized carbons (Fsp3) is 0.778. The third-order valence-electron chi connectivity index (χ3n) is 4.27. The van der Waals surface area contributed by atoms with Crippen LogP contribution in [0.3, 0.4) is 0 Å². The number of methoxy groups -OCH3 is 1. The van der Waals surface area contributed by atoms with E-state index in [-0.39, 0.29) is 12.3 Å². The number of rotatable bonds is 5. The molecule has 1 N–H and O–H groups in total. The van der Waals surface area contributed by atoms with Crippen LogP contribution in [-0.2, 0) is 14.3 Å². The number of hydrogen-bond acceptors (Lipinski definition) is 3. The van der Waals surface area contributed by atoms with E-state index in [9.17, 15) is 9.59 Å². The summed E-state index contributed by atoms with van der Waals surface area (Å²) >= 11 is 0. The normalized spacial score (nSPS) is 22.1. The van der Waals surface area contributed by atoms with E-state index < -0.39 is 12.0 Å². The first-order valence-electron chi connectivity index (χ1n) is 8.29. The van der Waals surface area contributed by atoms with E-state index in [4.69, 9.17) is 0 Å². The smallest absolute Gasteiger partial charge is 0.328 e. The molecule has 1 unspecified atom stereocenters. The minimum Gasteiger partial charge on any atom is -0.467 e. The fourth-order valence-corrected chi connectivity index (χ4v) is 2.62. The van der Waals surface area contributed by atoms with Gasteiger partial charge in [-0.2, -0.15) is 0 Å². The van der Waals surface area contributed by atoms with E-state index in [0.717, 1.165) is 17.8 Å². The number of hydrogen-bond donors (Lipinski definition) is 1. The van der Waals surface area contributed by atoms with Crippen molar-refractivity contribution < 1.29 is 14.3 Å². The van der Waals surface area contributed by atoms with E-state index >= 15 is 0 Å². The lowest BCUT2D eigenvalue weighted by Crippen LogP contribution is -2.38. The second-order valence-electron chi connectivity index (χ2n) is 6.57. The van der Waals surface area contributed by atoms with Gasteiger partial charge in [0.1, 0.15) is 6.04 Å². The van der Waals surface area contributed by atoms with Crippen LogP contribution >= 0.6 is 0 Å². The summed E-state index contributed by atoms with van der Waals surface area (Å²) in [5.74, 6) is 2.29. The van der Waals surface area contributed by atoms with Crippen molar-refractivity contribution in [2.75, 3.05) is 7.11 Å². The number of amides is 1. The Balaban J connectivity index is 0.000000406. The summed E-state index contributed by atoms with van der Waals surface area (Å²) in [6, 6.07) is -0.595. The zero-order valence-corrected chi connectivity index (χ0v) is 14.9. The Morgan fingerprint density at radius 2 is 1.77 bits per heavy atom. The van der Waals surface area contributed by atoms with E-state index in [0.29, 0.717) is 0 Å². The Kier molecular flexibility index (Phi) is 10.6. The molecule has 0 saturated heterocycles. The molecule has 128 valence electrons. The molecule has 1 aliphatic carbocycles. The highest BCUT2D eigenvalue weighted by molar-refractivity contribution is 5.84. The fourth-order valence-electron chi connectivity index (χ4n) is 2.62. The molecule has 0 aliphatic heterocycles. The molecule has 1 aliphatic rings. The molecule has 0 aromatic carbocycles. The molecule has 22 heavy (non-hydrogen) atoms. The summed E-state index contributed by atoms with van der Waals surface area (Å²) < 4.78 is 4.41. The highest BCUT2D eigenvalue weighted by atomic mass is 16.5. The lowest BCUT2D eigenvalue weighted by atomic mass is 9.78. The van der Waals surface area contributed by atoms with Gasteiger partial charge in [-0.1, -0.05) is 39.7 Å². The molecule has 1 saturated carbocycles. The van der Waals surface area contributed by atoms with Crippen LogP contribution < -0.4 is 5.32 Å². The van der Waals surface area contributed by atoms with Gasteiger partial charge < -0.3 is 10.1 Å². The Morgan fingerprint density at radius 3 is 2.18 bits per heavy atom. The Morgan fingerprint density at radius 1 is 1.23 bits per heavy atom. The molecular formula is C18H33NO3. The number of nitrogens with one attached hydrogen (secondary N) is 1. The van der Waals surface area contributed by atoms with E-state index in [1.807, 2.05) is 0 Å². The molecule has 1 rings (SSSR count). The quantitative estimate of drug-likeness (QED) is 0.622. The van der Waals surface area contributed by atoms with Crippen molar-refractivity contribution in [1.29, 1.82) is 0 Å². The van der Waals surface area contributed by atoms with Gasteiger partial charge in [0.05, 0.1) is 7.11 Å². The first-order valence-corrected chi connectivity index (χ1v) is 8.29. The van der Waals surface area contributed by atoms with E-state index in [1.165, 1.54) is 38.9 Å². The van der Waals surface area contributed by atoms with Crippen molar-refractivity contribution in [1.82, 2.24) is 5.32 Å². The van der Waals surface area contributed by atoms with Gasteiger partial charge in [0.2, 0.25) is 5.91 Å². The minimum absolute atomic E-state index is 0.210. The van der Waals surface area contributed by atoms with Crippen molar-refractivity contribution in [2.24, 2.45) is 17.8 Å². The summed E-state index contributed by atoms with van der Waals surface area (Å²) in [5.41, 5.74) is 0. The number of carbonyl (C=O) groups is 2. The van der Waals surface area contributed by atoms with Gasteiger partial charge in [0, 0.05) is 6.42 Å². The number of carbonyl (C=O) groups excluding carboxylic acids is 2. The van der Waals surface area contributed by atoms with Gasteiger partial charge in [-0.15, -0.1) is 6.58 Å². The molecule has 4 nitrogen and oxygen atoms in total. The summed E-state index contributed by atoms with van der Waals surface area (Å²) in [4.78, 5) is 21.7. The molecule has 0 aromatic heterocycles. The van der Waals surface area contributed by atoms with Crippen LogP contribution in [0.1, 0.15) is 59.8 Å². The van der Waals surface area contributed by atoms with Crippen molar-refractivity contribution in [3.05, 3.63) is 12.7 Å². The average molecular weight is 311 g/mol. The summed E-state index contributed by atoms with van der Waals surface area (Å²) in [6.07, 6.45) is 7.60. The lowest BCUT2D eigenvalue weighted by Gasteiger charge is -2.28. The topological polar surface area (TPSA) is 55.4 Å². The van der Waals surface area contributed by atoms with Crippen molar-refractivity contribution >= 4 is 11.9 Å². The third-order valence-corrected chi connectivity index (χ3v) is 4.27. The second kappa shape index (κ2) is 11.3. The minimum atomic E-state index is -0.595. The molecule has 0 aromatic rings. The molecule has 4 heteroatoms. The summed E-state index contributed by atoms with van der Waals surface area (Å²) in [7, 11) is 1.28. The van der Waals surface area contributed by atoms with Crippen LogP contribution in [0.2, 0.25) is 0 Å². The van der Waals surface area contributed by atoms with Gasteiger partial charge in [0.15, 0.2) is 0 Å². The van der Waals surface area contributed by atoms with Gasteiger partial charge >= 0.3 is 5.97 Å². The maximum atomic E-state index is 10.9. The van der Waals surface area contributed by atoms with Crippen LogP contribution in [-0.4, -0.2) is 25.0 Å². The third kappa shape index (κ3) is 8.85. The van der Waals surface area contributed by atoms with Gasteiger partial charge in [0.25, 0.3) is 0 Å². The molecule has 0 heterocycles. The van der Waals surface area contributed by atoms with Crippen molar-refractivity contribution in [3.8, 4) is 0 Å². The van der Waals surface area contributed by atoms with E-state index in [1.54, 1.807) is 6.92 Å². The highest BCUT2D eigenvalue weighted by Gasteiger charge is 2.20. The largest absolute Gasteiger partial charge is 0.467 e. The number of ether oxygens (including phenoxy) is 1. The van der Waals surface area contributed by atoms with Crippen LogP contribution in [0.4, 0.5) is 0 Å². The maximum absolute atomic E-state index is 10.9. The first-order chi connectivity index (χ1) is 10.3. The van der Waals surface area contributed by atoms with Gasteiger partial charge in [-0.25, -0.2) is 4.79 Å². The van der Waals surface area contributed by atoms with Crippen molar-refractivity contribution in [2.45, 2.75) is 65.8 Å². The van der Waals surface area contributed by atoms with Crippen LogP contribution in [0, 0.1) is 17.8 Å². The summed E-state index contributed by atoms with van der Waals surface area (Å²) in [5, 5.41) is 2.45. The predicted molar refractivity (Wildman–Crippen MR) is 90.4 cm³/mol. The SMILES string of the molecule is C=CCC(=O)NC(C)C(=O)OC.CC1CCC(C(C)C)CC1. The molecule has 0 radical (unpaired) electrons. The van der Waals surface area contributed by atoms with Gasteiger partial charge in [-0.05, 0) is 37.5 Å². The van der Waals surface area contributed by atoms with Crippen LogP contribution in [0.15, 0.2) is 12.7 Å². The van der Waals surface area contributed by atoms with Crippen molar-refractivity contribution in [3.63, 3.8) is 0 Å². The zero-order chi connectivity index (χ0) is 17.1. The molecule has 0 spiro atoms. The zero-order valence-electron chi connectivity index (χ0n) is 14.9. The summed E-state index contributed by atoms with van der Waals surface area (Å²) in [6.45, 7) is 12.1. The standard InChI is InChI=1S/C10H20.C8H13NO3/c1-8(2)10-6-4-9(3)5-7-10;1-4-5-7(10)9-6(2)8(11)12-3/h8-10H,4-7H2,1-3H3;4,6H,1,5H2,2-3H3,(H,9,10). The Labute approximate surface area is 135 Å². The second-order valence-corrected chi connectivity index (χ2v) is 6.57. The highest BCUT2D eigenvalue weighted by Crippen LogP contribution is 2.32. The lowest BCUT2D eigenvalue weighted by molar-refractivity contribution is -0.144. The van der Waals surface area contributed by atoms with E-state index in [2.05, 4.69) is 37.4 Å². The molecule has 0 bridgehead atoms. The molecular weight excluding hydrogens is 278 g/mol. The Bertz CT molecular complexity index is 344. The monoisotopic (exact) mass is 311 g/mol. The molecule has 1 amide bonds. The molecule has 1 fully saturated rings. The van der Waals surface area contributed by atoms with Crippen LogP contribution in [0.25, 0.3) is 0 Å². The van der Waals surface area contributed by atoms with Crippen LogP contribution in [0.5, 0.6) is 0 Å². The van der Waals surface area contributed by atoms with Gasteiger partial charge in [-0.3, -0.25) is 4.79 Å². The number of esters is 1. The maximum Gasteiger partial charge on any atom is 0.328 e. The molecule has 1 atom stereocenters. The first kappa shape index (κ1) is 20.7. The average Bonchev–Trinajstić information content (AvgIpc) is 2.47. The predicted octanol–water partition coefficient (Wildman–Crippen LogP) is 3.71.